The number of benzene rings is 1. The summed E-state index contributed by atoms with van der Waals surface area (Å²) >= 11 is 0. The minimum absolute atomic E-state index is 0.0477. The van der Waals surface area contributed by atoms with E-state index < -0.39 is 6.04 Å². The van der Waals surface area contributed by atoms with Gasteiger partial charge in [0.05, 0.1) is 13.2 Å². The summed E-state index contributed by atoms with van der Waals surface area (Å²) in [6.45, 7) is 2.17. The van der Waals surface area contributed by atoms with Gasteiger partial charge >= 0.3 is 0 Å². The Kier molecular flexibility index (Phi) is 3.88. The summed E-state index contributed by atoms with van der Waals surface area (Å²) < 4.78 is 18.3. The average Bonchev–Trinajstić information content (AvgIpc) is 2.90. The second kappa shape index (κ2) is 5.81. The van der Waals surface area contributed by atoms with E-state index in [2.05, 4.69) is 0 Å². The first-order valence-corrected chi connectivity index (χ1v) is 7.11. The smallest absolute Gasteiger partial charge is 0.245 e. The molecule has 2 fully saturated rings. The molecule has 2 aliphatic heterocycles. The number of morpholine rings is 1. The Morgan fingerprint density at radius 3 is 2.52 bits per heavy atom. The molecule has 1 atom stereocenters. The Morgan fingerprint density at radius 1 is 1.19 bits per heavy atom. The Labute approximate surface area is 122 Å². The molecule has 0 N–H and O–H groups in total. The largest absolute Gasteiger partial charge is 0.378 e. The number of ether oxygens (including phenoxy) is 1. The van der Waals surface area contributed by atoms with Crippen LogP contribution in [0.3, 0.4) is 0 Å². The number of rotatable bonds is 2. The highest BCUT2D eigenvalue weighted by atomic mass is 19.1. The van der Waals surface area contributed by atoms with E-state index >= 15 is 0 Å². The molecule has 2 aliphatic rings. The van der Waals surface area contributed by atoms with E-state index in [0.717, 1.165) is 0 Å². The third-order valence-corrected chi connectivity index (χ3v) is 3.92. The molecular formula is C15H17FN2O3. The minimum atomic E-state index is -0.485. The molecule has 0 spiro atoms. The van der Waals surface area contributed by atoms with Gasteiger partial charge in [-0.05, 0) is 30.7 Å². The second-order valence-electron chi connectivity index (χ2n) is 5.23. The van der Waals surface area contributed by atoms with Crippen molar-refractivity contribution in [1.29, 1.82) is 0 Å². The monoisotopic (exact) mass is 292 g/mol. The molecule has 0 bridgehead atoms. The lowest BCUT2D eigenvalue weighted by Crippen LogP contribution is -2.50. The molecule has 0 saturated carbocycles. The zero-order valence-corrected chi connectivity index (χ0v) is 11.6. The van der Waals surface area contributed by atoms with Gasteiger partial charge in [0.1, 0.15) is 11.9 Å². The molecular weight excluding hydrogens is 275 g/mol. The predicted octanol–water partition coefficient (Wildman–Crippen LogP) is 1.18. The number of amides is 2. The molecule has 21 heavy (non-hydrogen) atoms. The Balaban J connectivity index is 1.81. The number of carbonyl (C=O) groups excluding carboxylic acids is 2. The molecule has 1 aromatic carbocycles. The van der Waals surface area contributed by atoms with Crippen LogP contribution in [-0.4, -0.2) is 49.1 Å². The summed E-state index contributed by atoms with van der Waals surface area (Å²) in [6.07, 6.45) is 0.852. The predicted molar refractivity (Wildman–Crippen MR) is 74.3 cm³/mol. The van der Waals surface area contributed by atoms with Gasteiger partial charge in [0.25, 0.3) is 0 Å². The van der Waals surface area contributed by atoms with Crippen LogP contribution in [0.1, 0.15) is 12.8 Å². The first-order valence-electron chi connectivity index (χ1n) is 7.11. The first-order chi connectivity index (χ1) is 10.2. The van der Waals surface area contributed by atoms with E-state index in [0.29, 0.717) is 44.8 Å². The average molecular weight is 292 g/mol. The number of nitrogens with zero attached hydrogens (tertiary/aromatic N) is 2. The highest BCUT2D eigenvalue weighted by Gasteiger charge is 2.39. The quantitative estimate of drug-likeness (QED) is 0.822. The van der Waals surface area contributed by atoms with E-state index in [9.17, 15) is 14.0 Å². The summed E-state index contributed by atoms with van der Waals surface area (Å²) in [7, 11) is 0. The molecule has 2 heterocycles. The van der Waals surface area contributed by atoms with Crippen molar-refractivity contribution in [3.63, 3.8) is 0 Å². The zero-order valence-electron chi connectivity index (χ0n) is 11.6. The Bertz CT molecular complexity index is 540. The second-order valence-corrected chi connectivity index (χ2v) is 5.23. The summed E-state index contributed by atoms with van der Waals surface area (Å²) in [5.74, 6) is -0.497. The maximum absolute atomic E-state index is 13.0. The van der Waals surface area contributed by atoms with Crippen LogP contribution >= 0.6 is 0 Å². The molecule has 112 valence electrons. The number of hydrogen-bond acceptors (Lipinski definition) is 3. The summed E-state index contributed by atoms with van der Waals surface area (Å²) in [4.78, 5) is 27.9. The van der Waals surface area contributed by atoms with Crippen molar-refractivity contribution < 1.29 is 18.7 Å². The molecule has 1 aromatic rings. The lowest BCUT2D eigenvalue weighted by atomic mass is 10.1. The summed E-state index contributed by atoms with van der Waals surface area (Å²) in [5.41, 5.74) is 0.575. The molecule has 5 nitrogen and oxygen atoms in total. The Morgan fingerprint density at radius 2 is 1.86 bits per heavy atom. The minimum Gasteiger partial charge on any atom is -0.378 e. The molecule has 6 heteroatoms. The fourth-order valence-corrected chi connectivity index (χ4v) is 2.84. The van der Waals surface area contributed by atoms with Crippen LogP contribution in [0.2, 0.25) is 0 Å². The van der Waals surface area contributed by atoms with E-state index in [-0.39, 0.29) is 17.6 Å². The van der Waals surface area contributed by atoms with Crippen LogP contribution in [0.4, 0.5) is 10.1 Å². The fraction of sp³-hybridized carbons (Fsp3) is 0.467. The summed E-state index contributed by atoms with van der Waals surface area (Å²) in [6, 6.07) is 5.20. The van der Waals surface area contributed by atoms with Gasteiger partial charge in [0.15, 0.2) is 0 Å². The number of anilines is 1. The van der Waals surface area contributed by atoms with Crippen molar-refractivity contribution in [1.82, 2.24) is 4.90 Å². The lowest BCUT2D eigenvalue weighted by molar-refractivity contribution is -0.137. The van der Waals surface area contributed by atoms with Gasteiger partial charge < -0.3 is 9.64 Å². The first kappa shape index (κ1) is 14.0. The Hall–Kier alpha value is -1.95. The lowest BCUT2D eigenvalue weighted by Gasteiger charge is -2.32. The maximum atomic E-state index is 13.0. The van der Waals surface area contributed by atoms with Crippen LogP contribution in [0.25, 0.3) is 0 Å². The SMILES string of the molecule is O=C(C1CCC(=O)N1c1ccc(F)cc1)N1CCOCC1. The third-order valence-electron chi connectivity index (χ3n) is 3.92. The fourth-order valence-electron chi connectivity index (χ4n) is 2.84. The van der Waals surface area contributed by atoms with Gasteiger partial charge in [0, 0.05) is 25.2 Å². The van der Waals surface area contributed by atoms with Crippen molar-refractivity contribution in [2.75, 3.05) is 31.2 Å². The van der Waals surface area contributed by atoms with Gasteiger partial charge in [-0.3, -0.25) is 14.5 Å². The van der Waals surface area contributed by atoms with E-state index in [4.69, 9.17) is 4.74 Å². The molecule has 0 aliphatic carbocycles. The van der Waals surface area contributed by atoms with Crippen molar-refractivity contribution >= 4 is 17.5 Å². The van der Waals surface area contributed by atoms with Crippen LogP contribution < -0.4 is 4.90 Å². The van der Waals surface area contributed by atoms with Crippen molar-refractivity contribution in [2.45, 2.75) is 18.9 Å². The molecule has 1 unspecified atom stereocenters. The number of carbonyl (C=O) groups is 2. The molecule has 0 radical (unpaired) electrons. The number of hydrogen-bond donors (Lipinski definition) is 0. The van der Waals surface area contributed by atoms with Crippen LogP contribution in [0.5, 0.6) is 0 Å². The maximum Gasteiger partial charge on any atom is 0.245 e. The van der Waals surface area contributed by atoms with Crippen molar-refractivity contribution in [2.24, 2.45) is 0 Å². The highest BCUT2D eigenvalue weighted by Crippen LogP contribution is 2.28. The van der Waals surface area contributed by atoms with Gasteiger partial charge in [-0.2, -0.15) is 0 Å². The molecule has 2 amide bonds. The molecule has 0 aromatic heterocycles. The van der Waals surface area contributed by atoms with Gasteiger partial charge in [-0.15, -0.1) is 0 Å². The summed E-state index contributed by atoms with van der Waals surface area (Å²) in [5, 5.41) is 0. The van der Waals surface area contributed by atoms with Gasteiger partial charge in [-0.1, -0.05) is 0 Å². The topological polar surface area (TPSA) is 49.9 Å². The molecule has 3 rings (SSSR count). The van der Waals surface area contributed by atoms with Gasteiger partial charge in [-0.25, -0.2) is 4.39 Å². The van der Waals surface area contributed by atoms with Crippen LogP contribution in [-0.2, 0) is 14.3 Å². The van der Waals surface area contributed by atoms with Crippen molar-refractivity contribution in [3.05, 3.63) is 30.1 Å². The standard InChI is InChI=1S/C15H17FN2O3/c16-11-1-3-12(4-2-11)18-13(5-6-14(18)19)15(20)17-7-9-21-10-8-17/h1-4,13H,5-10H2. The third kappa shape index (κ3) is 2.76. The van der Waals surface area contributed by atoms with Crippen LogP contribution in [0, 0.1) is 5.82 Å². The van der Waals surface area contributed by atoms with Gasteiger partial charge in [0.2, 0.25) is 11.8 Å². The normalized spacial score (nSPS) is 22.7. The van der Waals surface area contributed by atoms with Crippen molar-refractivity contribution in [3.8, 4) is 0 Å². The van der Waals surface area contributed by atoms with E-state index in [1.807, 2.05) is 0 Å². The van der Waals surface area contributed by atoms with E-state index in [1.54, 1.807) is 4.90 Å². The number of halogens is 1. The highest BCUT2D eigenvalue weighted by molar-refractivity contribution is 6.03. The van der Waals surface area contributed by atoms with E-state index in [1.165, 1.54) is 29.2 Å². The molecule has 2 saturated heterocycles. The van der Waals surface area contributed by atoms with Crippen LogP contribution in [0.15, 0.2) is 24.3 Å². The zero-order chi connectivity index (χ0) is 14.8.